The van der Waals surface area contributed by atoms with Crippen LogP contribution >= 0.6 is 31.9 Å². The van der Waals surface area contributed by atoms with Crippen molar-refractivity contribution in [2.24, 2.45) is 0 Å². The molecular formula is C13H13Br2NO3. The highest BCUT2D eigenvalue weighted by molar-refractivity contribution is 9.11. The van der Waals surface area contributed by atoms with Crippen molar-refractivity contribution in [1.29, 1.82) is 0 Å². The van der Waals surface area contributed by atoms with Gasteiger partial charge < -0.3 is 10.1 Å². The summed E-state index contributed by atoms with van der Waals surface area (Å²) in [6.07, 6.45) is 0.270. The molecule has 102 valence electrons. The quantitative estimate of drug-likeness (QED) is 0.786. The Morgan fingerprint density at radius 3 is 2.68 bits per heavy atom. The lowest BCUT2D eigenvalue weighted by Crippen LogP contribution is -2.41. The van der Waals surface area contributed by atoms with E-state index in [1.165, 1.54) is 7.11 Å². The molecule has 0 spiro atoms. The highest BCUT2D eigenvalue weighted by Gasteiger charge is 2.22. The number of rotatable bonds is 5. The number of nitrogens with one attached hydrogen (secondary N) is 1. The Morgan fingerprint density at radius 2 is 2.16 bits per heavy atom. The third-order valence-corrected chi connectivity index (χ3v) is 3.12. The molecule has 0 heterocycles. The predicted molar refractivity (Wildman–Crippen MR) is 80.1 cm³/mol. The summed E-state index contributed by atoms with van der Waals surface area (Å²) >= 11 is 6.46. The Bertz CT molecular complexity index is 502. The van der Waals surface area contributed by atoms with E-state index in [2.05, 4.69) is 48.5 Å². The number of hydrogen-bond acceptors (Lipinski definition) is 3. The number of halogens is 2. The van der Waals surface area contributed by atoms with Gasteiger partial charge in [0.05, 0.1) is 7.11 Å². The first-order valence-electron chi connectivity index (χ1n) is 5.41. The lowest BCUT2D eigenvalue weighted by molar-refractivity contribution is -0.142. The van der Waals surface area contributed by atoms with Gasteiger partial charge in [-0.25, -0.2) is 4.79 Å². The van der Waals surface area contributed by atoms with Gasteiger partial charge >= 0.3 is 5.97 Å². The topological polar surface area (TPSA) is 55.4 Å². The van der Waals surface area contributed by atoms with Crippen LogP contribution in [0.5, 0.6) is 0 Å². The summed E-state index contributed by atoms with van der Waals surface area (Å²) in [5.74, 6) is -0.852. The number of esters is 1. The van der Waals surface area contributed by atoms with E-state index in [1.807, 2.05) is 6.07 Å². The lowest BCUT2D eigenvalue weighted by Gasteiger charge is -2.16. The Kier molecular flexibility index (Phi) is 6.24. The van der Waals surface area contributed by atoms with Crippen molar-refractivity contribution < 1.29 is 14.3 Å². The fourth-order valence-electron chi connectivity index (χ4n) is 1.43. The molecule has 19 heavy (non-hydrogen) atoms. The van der Waals surface area contributed by atoms with Crippen LogP contribution in [0.4, 0.5) is 0 Å². The summed E-state index contributed by atoms with van der Waals surface area (Å²) in [4.78, 5) is 23.6. The Labute approximate surface area is 128 Å². The van der Waals surface area contributed by atoms with Crippen molar-refractivity contribution in [2.75, 3.05) is 7.11 Å². The summed E-state index contributed by atoms with van der Waals surface area (Å²) in [7, 11) is 1.28. The van der Waals surface area contributed by atoms with E-state index in [4.69, 9.17) is 0 Å². The van der Waals surface area contributed by atoms with Crippen LogP contribution in [0.25, 0.3) is 0 Å². The lowest BCUT2D eigenvalue weighted by atomic mass is 10.1. The molecule has 1 rings (SSSR count). The molecule has 0 fully saturated rings. The minimum Gasteiger partial charge on any atom is -0.467 e. The fourth-order valence-corrected chi connectivity index (χ4v) is 2.15. The first-order chi connectivity index (χ1) is 8.93. The van der Waals surface area contributed by atoms with Crippen molar-refractivity contribution in [3.63, 3.8) is 0 Å². The monoisotopic (exact) mass is 389 g/mol. The minimum atomic E-state index is -0.761. The second-order valence-electron chi connectivity index (χ2n) is 3.78. The zero-order chi connectivity index (χ0) is 14.4. The van der Waals surface area contributed by atoms with E-state index in [-0.39, 0.29) is 12.3 Å². The van der Waals surface area contributed by atoms with Crippen molar-refractivity contribution in [2.45, 2.75) is 12.5 Å². The van der Waals surface area contributed by atoms with Gasteiger partial charge in [-0.2, -0.15) is 0 Å². The molecule has 0 radical (unpaired) electrons. The third-order valence-electron chi connectivity index (χ3n) is 2.30. The van der Waals surface area contributed by atoms with E-state index in [1.54, 1.807) is 18.2 Å². The molecule has 0 unspecified atom stereocenters. The first kappa shape index (κ1) is 15.9. The predicted octanol–water partition coefficient (Wildman–Crippen LogP) is 3.02. The zero-order valence-electron chi connectivity index (χ0n) is 10.3. The number of amides is 1. The van der Waals surface area contributed by atoms with Gasteiger partial charge in [0.25, 0.3) is 5.91 Å². The Hall–Kier alpha value is -1.14. The molecule has 0 aliphatic carbocycles. The summed E-state index contributed by atoms with van der Waals surface area (Å²) in [6, 6.07) is 6.14. The van der Waals surface area contributed by atoms with E-state index >= 15 is 0 Å². The van der Waals surface area contributed by atoms with Gasteiger partial charge in [0, 0.05) is 16.5 Å². The first-order valence-corrected chi connectivity index (χ1v) is 7.00. The highest BCUT2D eigenvalue weighted by Crippen LogP contribution is 2.14. The second kappa shape index (κ2) is 7.45. The van der Waals surface area contributed by atoms with Crippen LogP contribution in [0.15, 0.2) is 39.8 Å². The van der Waals surface area contributed by atoms with Gasteiger partial charge in [-0.15, -0.1) is 0 Å². The van der Waals surface area contributed by atoms with Crippen molar-refractivity contribution in [3.05, 3.63) is 45.4 Å². The second-order valence-corrected chi connectivity index (χ2v) is 5.82. The van der Waals surface area contributed by atoms with Crippen molar-refractivity contribution in [1.82, 2.24) is 5.32 Å². The van der Waals surface area contributed by atoms with Gasteiger partial charge in [0.2, 0.25) is 0 Å². The van der Waals surface area contributed by atoms with E-state index in [9.17, 15) is 9.59 Å². The average molecular weight is 391 g/mol. The van der Waals surface area contributed by atoms with Crippen LogP contribution < -0.4 is 5.32 Å². The van der Waals surface area contributed by atoms with Gasteiger partial charge in [0.1, 0.15) is 6.04 Å². The minimum absolute atomic E-state index is 0.270. The van der Waals surface area contributed by atoms with Crippen LogP contribution in [0.2, 0.25) is 0 Å². The number of ether oxygens (including phenoxy) is 1. The number of methoxy groups -OCH3 is 1. The van der Waals surface area contributed by atoms with Crippen molar-refractivity contribution in [3.8, 4) is 0 Å². The SMILES string of the molecule is C=C(Br)C[C@@H](NC(=O)c1cccc(Br)c1)C(=O)OC. The van der Waals surface area contributed by atoms with Crippen LogP contribution in [0.1, 0.15) is 16.8 Å². The molecule has 0 bridgehead atoms. The molecule has 0 aliphatic rings. The number of carbonyl (C=O) groups excluding carboxylic acids is 2. The molecule has 0 aromatic heterocycles. The smallest absolute Gasteiger partial charge is 0.328 e. The molecule has 1 aromatic rings. The number of hydrogen-bond donors (Lipinski definition) is 1. The maximum Gasteiger partial charge on any atom is 0.328 e. The standard InChI is InChI=1S/C13H13Br2NO3/c1-8(14)6-11(13(18)19-2)16-12(17)9-4-3-5-10(15)7-9/h3-5,7,11H,1,6H2,2H3,(H,16,17)/t11-/m1/s1. The molecule has 1 atom stereocenters. The molecule has 1 aromatic carbocycles. The zero-order valence-corrected chi connectivity index (χ0v) is 13.5. The average Bonchev–Trinajstić information content (AvgIpc) is 2.36. The van der Waals surface area contributed by atoms with Gasteiger partial charge in [-0.05, 0) is 22.7 Å². The number of benzene rings is 1. The maximum atomic E-state index is 12.0. The largest absolute Gasteiger partial charge is 0.467 e. The van der Waals surface area contributed by atoms with Gasteiger partial charge in [-0.3, -0.25) is 4.79 Å². The van der Waals surface area contributed by atoms with Gasteiger partial charge in [0.15, 0.2) is 0 Å². The van der Waals surface area contributed by atoms with Crippen LogP contribution in [-0.4, -0.2) is 25.0 Å². The molecule has 4 nitrogen and oxygen atoms in total. The molecule has 0 aliphatic heterocycles. The molecule has 1 N–H and O–H groups in total. The summed E-state index contributed by atoms with van der Waals surface area (Å²) in [5.41, 5.74) is 0.462. The van der Waals surface area contributed by atoms with Crippen LogP contribution in [0.3, 0.4) is 0 Å². The summed E-state index contributed by atoms with van der Waals surface area (Å²) < 4.78 is 6.05. The van der Waals surface area contributed by atoms with E-state index in [0.717, 1.165) is 4.47 Å². The van der Waals surface area contributed by atoms with Crippen molar-refractivity contribution >= 4 is 43.7 Å². The highest BCUT2D eigenvalue weighted by atomic mass is 79.9. The molecule has 1 amide bonds. The summed E-state index contributed by atoms with van der Waals surface area (Å²) in [6.45, 7) is 3.66. The van der Waals surface area contributed by atoms with Gasteiger partial charge in [-0.1, -0.05) is 44.5 Å². The molecule has 0 saturated heterocycles. The van der Waals surface area contributed by atoms with Crippen LogP contribution in [0, 0.1) is 0 Å². The third kappa shape index (κ3) is 5.16. The Morgan fingerprint density at radius 1 is 1.47 bits per heavy atom. The van der Waals surface area contributed by atoms with Crippen LogP contribution in [-0.2, 0) is 9.53 Å². The Balaban J connectivity index is 2.81. The summed E-state index contributed by atoms with van der Waals surface area (Å²) in [5, 5.41) is 2.62. The number of carbonyl (C=O) groups is 2. The normalized spacial score (nSPS) is 11.5. The maximum absolute atomic E-state index is 12.0. The molecule has 6 heteroatoms. The van der Waals surface area contributed by atoms with E-state index < -0.39 is 12.0 Å². The fraction of sp³-hybridized carbons (Fsp3) is 0.231. The molecular weight excluding hydrogens is 378 g/mol. The van der Waals surface area contributed by atoms with E-state index in [0.29, 0.717) is 10.0 Å². The molecule has 0 saturated carbocycles.